The maximum Gasteiger partial charge on any atom is 0.160 e. The van der Waals surface area contributed by atoms with Gasteiger partial charge in [0, 0.05) is 37.0 Å². The molecule has 1 aliphatic rings. The molecule has 0 aromatic heterocycles. The molecule has 0 spiro atoms. The molecule has 4 rings (SSSR count). The van der Waals surface area contributed by atoms with Crippen molar-refractivity contribution in [2.45, 2.75) is 19.4 Å². The van der Waals surface area contributed by atoms with Crippen molar-refractivity contribution in [2.75, 3.05) is 18.5 Å². The minimum Gasteiger partial charge on any atom is -0.487 e. The van der Waals surface area contributed by atoms with Gasteiger partial charge < -0.3 is 14.8 Å². The predicted octanol–water partition coefficient (Wildman–Crippen LogP) is 6.20. The van der Waals surface area contributed by atoms with E-state index in [9.17, 15) is 13.2 Å². The zero-order valence-corrected chi connectivity index (χ0v) is 17.3. The molecule has 3 nitrogen and oxygen atoms in total. The van der Waals surface area contributed by atoms with Crippen LogP contribution in [0, 0.1) is 35.2 Å². The summed E-state index contributed by atoms with van der Waals surface area (Å²) in [6, 6.07) is 15.5. The third kappa shape index (κ3) is 5.63. The number of ether oxygens (including phenoxy) is 2. The number of hydrogen-bond donors (Lipinski definition) is 1. The molecule has 0 bridgehead atoms. The Morgan fingerprint density at radius 3 is 2.47 bits per heavy atom. The van der Waals surface area contributed by atoms with Gasteiger partial charge in [-0.05, 0) is 36.6 Å². The van der Waals surface area contributed by atoms with Gasteiger partial charge in [-0.15, -0.1) is 0 Å². The zero-order chi connectivity index (χ0) is 22.3. The zero-order valence-electron chi connectivity index (χ0n) is 17.3. The molecular weight excluding hydrogens is 415 g/mol. The van der Waals surface area contributed by atoms with Gasteiger partial charge in [0.1, 0.15) is 18.2 Å². The monoisotopic (exact) mass is 437 g/mol. The second-order valence-electron chi connectivity index (χ2n) is 7.51. The number of hydrogen-bond acceptors (Lipinski definition) is 3. The number of benzene rings is 3. The van der Waals surface area contributed by atoms with E-state index in [1.54, 1.807) is 0 Å². The molecule has 0 unspecified atom stereocenters. The fourth-order valence-corrected chi connectivity index (χ4v) is 3.40. The smallest absolute Gasteiger partial charge is 0.160 e. The molecule has 1 N–H and O–H groups in total. The molecule has 0 aliphatic carbocycles. The van der Waals surface area contributed by atoms with Gasteiger partial charge in [0.25, 0.3) is 0 Å². The number of anilines is 2. The van der Waals surface area contributed by atoms with Gasteiger partial charge >= 0.3 is 0 Å². The first-order valence-corrected chi connectivity index (χ1v) is 10.4. The molecular formula is C26H22F3NO2. The Balaban J connectivity index is 1.68. The van der Waals surface area contributed by atoms with Crippen LogP contribution in [0.5, 0.6) is 5.75 Å². The van der Waals surface area contributed by atoms with E-state index in [-0.39, 0.29) is 24.0 Å². The highest BCUT2D eigenvalue weighted by Gasteiger charge is 2.15. The average molecular weight is 437 g/mol. The molecule has 32 heavy (non-hydrogen) atoms. The van der Waals surface area contributed by atoms with Crippen LogP contribution in [0.15, 0.2) is 60.7 Å². The summed E-state index contributed by atoms with van der Waals surface area (Å²) in [6.45, 7) is 1.54. The Morgan fingerprint density at radius 2 is 1.72 bits per heavy atom. The molecule has 0 atom stereocenters. The first-order valence-electron chi connectivity index (χ1n) is 10.4. The third-order valence-corrected chi connectivity index (χ3v) is 5.13. The quantitative estimate of drug-likeness (QED) is 0.482. The van der Waals surface area contributed by atoms with E-state index in [0.717, 1.165) is 30.5 Å². The van der Waals surface area contributed by atoms with Crippen LogP contribution in [0.1, 0.15) is 24.0 Å². The Morgan fingerprint density at radius 1 is 0.938 bits per heavy atom. The van der Waals surface area contributed by atoms with Crippen LogP contribution >= 0.6 is 0 Å². The molecule has 6 heteroatoms. The van der Waals surface area contributed by atoms with Crippen molar-refractivity contribution in [3.05, 3.63) is 89.2 Å². The molecule has 1 aliphatic heterocycles. The van der Waals surface area contributed by atoms with E-state index in [0.29, 0.717) is 24.5 Å². The first-order chi connectivity index (χ1) is 15.6. The van der Waals surface area contributed by atoms with Crippen LogP contribution in [0.4, 0.5) is 24.5 Å². The van der Waals surface area contributed by atoms with Crippen LogP contribution < -0.4 is 10.1 Å². The van der Waals surface area contributed by atoms with Gasteiger partial charge in [-0.1, -0.05) is 42.2 Å². The van der Waals surface area contributed by atoms with Gasteiger partial charge in [0.15, 0.2) is 11.6 Å². The highest BCUT2D eigenvalue weighted by Crippen LogP contribution is 2.31. The standard InChI is InChI=1S/C26H22F3NO2/c27-20-14-25(30-21-7-9-23(28)24(29)16-21)22(8-6-18-10-12-31-13-11-18)26(15-20)32-17-19-4-2-1-3-5-19/h1-5,7,9,14-16,18,30H,10-13,17H2. The van der Waals surface area contributed by atoms with Gasteiger partial charge in [-0.25, -0.2) is 13.2 Å². The van der Waals surface area contributed by atoms with Crippen molar-refractivity contribution in [2.24, 2.45) is 5.92 Å². The third-order valence-electron chi connectivity index (χ3n) is 5.13. The van der Waals surface area contributed by atoms with Crippen LogP contribution in [0.25, 0.3) is 0 Å². The molecule has 0 amide bonds. The van der Waals surface area contributed by atoms with E-state index < -0.39 is 17.5 Å². The number of rotatable bonds is 5. The van der Waals surface area contributed by atoms with Crippen molar-refractivity contribution in [1.29, 1.82) is 0 Å². The van der Waals surface area contributed by atoms with Crippen molar-refractivity contribution in [3.8, 4) is 17.6 Å². The van der Waals surface area contributed by atoms with Crippen molar-refractivity contribution < 1.29 is 22.6 Å². The summed E-state index contributed by atoms with van der Waals surface area (Å²) in [5.74, 6) is 4.32. The van der Waals surface area contributed by atoms with E-state index in [4.69, 9.17) is 9.47 Å². The highest BCUT2D eigenvalue weighted by molar-refractivity contribution is 5.71. The Kier molecular flexibility index (Phi) is 6.98. The summed E-state index contributed by atoms with van der Waals surface area (Å²) < 4.78 is 52.8. The average Bonchev–Trinajstić information content (AvgIpc) is 2.81. The number of nitrogens with one attached hydrogen (secondary N) is 1. The normalized spacial score (nSPS) is 13.8. The predicted molar refractivity (Wildman–Crippen MR) is 117 cm³/mol. The number of halogens is 3. The molecule has 3 aromatic carbocycles. The SMILES string of the molecule is Fc1cc(Nc2ccc(F)c(F)c2)c(C#CC2CCOCC2)c(OCc2ccccc2)c1. The minimum atomic E-state index is -0.998. The first kappa shape index (κ1) is 21.8. The van der Waals surface area contributed by atoms with E-state index >= 15 is 0 Å². The second-order valence-corrected chi connectivity index (χ2v) is 7.51. The molecule has 1 heterocycles. The minimum absolute atomic E-state index is 0.159. The molecule has 0 radical (unpaired) electrons. The fraction of sp³-hybridized carbons (Fsp3) is 0.231. The van der Waals surface area contributed by atoms with E-state index in [2.05, 4.69) is 17.2 Å². The van der Waals surface area contributed by atoms with Gasteiger partial charge in [-0.2, -0.15) is 0 Å². The van der Waals surface area contributed by atoms with E-state index in [1.807, 2.05) is 30.3 Å². The Labute approximate surface area is 185 Å². The van der Waals surface area contributed by atoms with Crippen LogP contribution in [-0.4, -0.2) is 13.2 Å². The molecule has 1 saturated heterocycles. The van der Waals surface area contributed by atoms with Crippen molar-refractivity contribution >= 4 is 11.4 Å². The van der Waals surface area contributed by atoms with Gasteiger partial charge in [-0.3, -0.25) is 0 Å². The second kappa shape index (κ2) is 10.3. The van der Waals surface area contributed by atoms with Crippen molar-refractivity contribution in [1.82, 2.24) is 0 Å². The maximum atomic E-state index is 14.5. The largest absolute Gasteiger partial charge is 0.487 e. The lowest BCUT2D eigenvalue weighted by Crippen LogP contribution is -2.14. The van der Waals surface area contributed by atoms with Gasteiger partial charge in [0.05, 0.1) is 11.3 Å². The summed E-state index contributed by atoms with van der Waals surface area (Å²) in [6.07, 6.45) is 1.64. The van der Waals surface area contributed by atoms with E-state index in [1.165, 1.54) is 18.2 Å². The fourth-order valence-electron chi connectivity index (χ4n) is 3.40. The summed E-state index contributed by atoms with van der Waals surface area (Å²) in [4.78, 5) is 0. The summed E-state index contributed by atoms with van der Waals surface area (Å²) in [5, 5.41) is 2.95. The van der Waals surface area contributed by atoms with Crippen LogP contribution in [0.3, 0.4) is 0 Å². The Bertz CT molecular complexity index is 1130. The van der Waals surface area contributed by atoms with Crippen molar-refractivity contribution in [3.63, 3.8) is 0 Å². The summed E-state index contributed by atoms with van der Waals surface area (Å²) in [7, 11) is 0. The molecule has 164 valence electrons. The Hall–Kier alpha value is -3.43. The topological polar surface area (TPSA) is 30.5 Å². The van der Waals surface area contributed by atoms with Gasteiger partial charge in [0.2, 0.25) is 0 Å². The molecule has 3 aromatic rings. The lowest BCUT2D eigenvalue weighted by molar-refractivity contribution is 0.0807. The highest BCUT2D eigenvalue weighted by atomic mass is 19.2. The molecule has 1 fully saturated rings. The summed E-state index contributed by atoms with van der Waals surface area (Å²) in [5.41, 5.74) is 1.98. The molecule has 0 saturated carbocycles. The lowest BCUT2D eigenvalue weighted by atomic mass is 10.00. The maximum absolute atomic E-state index is 14.5. The van der Waals surface area contributed by atoms with Crippen LogP contribution in [-0.2, 0) is 11.3 Å². The van der Waals surface area contributed by atoms with Crippen LogP contribution in [0.2, 0.25) is 0 Å². The lowest BCUT2D eigenvalue weighted by Gasteiger charge is -2.17. The summed E-state index contributed by atoms with van der Waals surface area (Å²) >= 11 is 0.